The molecule has 0 saturated carbocycles. The van der Waals surface area contributed by atoms with Crippen molar-refractivity contribution in [2.75, 3.05) is 0 Å². The highest BCUT2D eigenvalue weighted by molar-refractivity contribution is 9.10. The topological polar surface area (TPSA) is 66.4 Å². The molecule has 0 aliphatic heterocycles. The minimum absolute atomic E-state index is 0.0796. The van der Waals surface area contributed by atoms with E-state index in [-0.39, 0.29) is 12.2 Å². The third-order valence-electron chi connectivity index (χ3n) is 3.25. The average Bonchev–Trinajstić information content (AvgIpc) is 2.52. The molecule has 1 atom stereocenters. The number of hydrogen-bond donors (Lipinski definition) is 2. The summed E-state index contributed by atoms with van der Waals surface area (Å²) in [6.07, 6.45) is -0.0796. The van der Waals surface area contributed by atoms with Crippen LogP contribution in [-0.2, 0) is 11.3 Å². The minimum atomic E-state index is -1.03. The van der Waals surface area contributed by atoms with Crippen molar-refractivity contribution in [3.8, 4) is 0 Å². The molecule has 5 heteroatoms. The number of hydrogen-bond acceptors (Lipinski definition) is 3. The van der Waals surface area contributed by atoms with Gasteiger partial charge in [-0.2, -0.15) is 0 Å². The molecule has 0 radical (unpaired) electrons. The summed E-state index contributed by atoms with van der Waals surface area (Å²) in [7, 11) is 0. The van der Waals surface area contributed by atoms with Gasteiger partial charge in [0.2, 0.25) is 0 Å². The van der Waals surface area contributed by atoms with Gasteiger partial charge in [-0.1, -0.05) is 58.4 Å². The van der Waals surface area contributed by atoms with Gasteiger partial charge >= 0.3 is 5.97 Å². The SMILES string of the molecule is O=C(CC(NCc1ccccc1)C(=O)O)c1ccc(Br)cc1. The lowest BCUT2D eigenvalue weighted by atomic mass is 10.0. The number of carbonyl (C=O) groups is 2. The molecule has 0 spiro atoms. The van der Waals surface area contributed by atoms with Crippen LogP contribution in [0.2, 0.25) is 0 Å². The first-order chi connectivity index (χ1) is 10.6. The normalized spacial score (nSPS) is 11.9. The maximum Gasteiger partial charge on any atom is 0.321 e. The minimum Gasteiger partial charge on any atom is -0.480 e. The van der Waals surface area contributed by atoms with Crippen LogP contribution >= 0.6 is 15.9 Å². The molecule has 0 heterocycles. The van der Waals surface area contributed by atoms with Crippen LogP contribution in [0.3, 0.4) is 0 Å². The van der Waals surface area contributed by atoms with Crippen LogP contribution in [0.4, 0.5) is 0 Å². The van der Waals surface area contributed by atoms with Crippen molar-refractivity contribution in [2.24, 2.45) is 0 Å². The summed E-state index contributed by atoms with van der Waals surface area (Å²) in [5, 5.41) is 12.2. The van der Waals surface area contributed by atoms with Gasteiger partial charge in [0.15, 0.2) is 5.78 Å². The van der Waals surface area contributed by atoms with E-state index in [1.54, 1.807) is 24.3 Å². The van der Waals surface area contributed by atoms with E-state index in [4.69, 9.17) is 0 Å². The molecule has 2 N–H and O–H groups in total. The largest absolute Gasteiger partial charge is 0.480 e. The molecule has 2 aromatic rings. The number of carboxylic acid groups (broad SMARTS) is 1. The molecule has 1 unspecified atom stereocenters. The van der Waals surface area contributed by atoms with Crippen LogP contribution in [0.15, 0.2) is 59.1 Å². The van der Waals surface area contributed by atoms with E-state index in [0.29, 0.717) is 12.1 Å². The highest BCUT2D eigenvalue weighted by Crippen LogP contribution is 2.13. The lowest BCUT2D eigenvalue weighted by Crippen LogP contribution is -2.38. The molecule has 2 aromatic carbocycles. The molecule has 4 nitrogen and oxygen atoms in total. The van der Waals surface area contributed by atoms with Gasteiger partial charge in [-0.05, 0) is 17.7 Å². The summed E-state index contributed by atoms with van der Waals surface area (Å²) in [6, 6.07) is 15.5. The molecule has 0 fully saturated rings. The molecular weight excluding hydrogens is 346 g/mol. The molecule has 0 aliphatic carbocycles. The maximum atomic E-state index is 12.2. The summed E-state index contributed by atoms with van der Waals surface area (Å²) < 4.78 is 0.876. The van der Waals surface area contributed by atoms with Gasteiger partial charge in [0.05, 0.1) is 0 Å². The summed E-state index contributed by atoms with van der Waals surface area (Å²) in [4.78, 5) is 23.5. The molecule has 2 rings (SSSR count). The number of rotatable bonds is 7. The quantitative estimate of drug-likeness (QED) is 0.742. The van der Waals surface area contributed by atoms with E-state index in [2.05, 4.69) is 21.2 Å². The number of carbonyl (C=O) groups excluding carboxylic acids is 1. The Hall–Kier alpha value is -1.98. The summed E-state index contributed by atoms with van der Waals surface area (Å²) in [5.41, 5.74) is 1.49. The van der Waals surface area contributed by atoms with Crippen molar-refractivity contribution in [3.63, 3.8) is 0 Å². The lowest BCUT2D eigenvalue weighted by molar-refractivity contribution is -0.139. The monoisotopic (exact) mass is 361 g/mol. The van der Waals surface area contributed by atoms with Gasteiger partial charge < -0.3 is 5.11 Å². The molecule has 0 amide bonds. The van der Waals surface area contributed by atoms with Gasteiger partial charge in [-0.3, -0.25) is 14.9 Å². The molecule has 0 aliphatic rings. The molecule has 0 bridgehead atoms. The first-order valence-corrected chi connectivity index (χ1v) is 7.64. The second-order valence-electron chi connectivity index (χ2n) is 4.89. The van der Waals surface area contributed by atoms with Crippen LogP contribution in [0.25, 0.3) is 0 Å². The summed E-state index contributed by atoms with van der Waals surface area (Å²) in [6.45, 7) is 0.408. The Labute approximate surface area is 137 Å². The highest BCUT2D eigenvalue weighted by Gasteiger charge is 2.21. The van der Waals surface area contributed by atoms with Crippen molar-refractivity contribution >= 4 is 27.7 Å². The van der Waals surface area contributed by atoms with Crippen LogP contribution in [0.5, 0.6) is 0 Å². The van der Waals surface area contributed by atoms with Crippen molar-refractivity contribution in [3.05, 3.63) is 70.2 Å². The lowest BCUT2D eigenvalue weighted by Gasteiger charge is -2.14. The third kappa shape index (κ3) is 4.79. The van der Waals surface area contributed by atoms with Gasteiger partial charge in [0, 0.05) is 23.0 Å². The van der Waals surface area contributed by atoms with Crippen molar-refractivity contribution in [1.29, 1.82) is 0 Å². The van der Waals surface area contributed by atoms with Crippen LogP contribution in [0.1, 0.15) is 22.3 Å². The zero-order chi connectivity index (χ0) is 15.9. The second kappa shape index (κ2) is 7.87. The predicted molar refractivity (Wildman–Crippen MR) is 87.8 cm³/mol. The number of aliphatic carboxylic acids is 1. The van der Waals surface area contributed by atoms with E-state index in [0.717, 1.165) is 10.0 Å². The van der Waals surface area contributed by atoms with Gasteiger partial charge in [0.25, 0.3) is 0 Å². The number of benzene rings is 2. The zero-order valence-corrected chi connectivity index (χ0v) is 13.4. The number of Topliss-reactive ketones (excluding diaryl/α,β-unsaturated/α-hetero) is 1. The van der Waals surface area contributed by atoms with Crippen molar-refractivity contribution in [1.82, 2.24) is 5.32 Å². The predicted octanol–water partition coefficient (Wildman–Crippen LogP) is 3.26. The van der Waals surface area contributed by atoms with E-state index in [9.17, 15) is 14.7 Å². The summed E-state index contributed by atoms with van der Waals surface area (Å²) >= 11 is 3.30. The Morgan fingerprint density at radius 2 is 1.68 bits per heavy atom. The standard InChI is InChI=1S/C17H16BrNO3/c18-14-8-6-13(7-9-14)16(20)10-15(17(21)22)19-11-12-4-2-1-3-5-12/h1-9,15,19H,10-11H2,(H,21,22). The van der Waals surface area contributed by atoms with E-state index < -0.39 is 12.0 Å². The van der Waals surface area contributed by atoms with Crippen molar-refractivity contribution in [2.45, 2.75) is 19.0 Å². The Morgan fingerprint density at radius 3 is 2.27 bits per heavy atom. The van der Waals surface area contributed by atoms with Crippen LogP contribution in [0, 0.1) is 0 Å². The van der Waals surface area contributed by atoms with Crippen LogP contribution in [-0.4, -0.2) is 22.9 Å². The molecule has 0 aromatic heterocycles. The molecule has 0 saturated heterocycles. The number of halogens is 1. The van der Waals surface area contributed by atoms with E-state index in [1.807, 2.05) is 30.3 Å². The Bertz CT molecular complexity index is 641. The third-order valence-corrected chi connectivity index (χ3v) is 3.78. The van der Waals surface area contributed by atoms with Gasteiger partial charge in [-0.25, -0.2) is 0 Å². The number of nitrogens with one attached hydrogen (secondary N) is 1. The summed E-state index contributed by atoms with van der Waals surface area (Å²) in [5.74, 6) is -1.22. The van der Waals surface area contributed by atoms with Gasteiger partial charge in [-0.15, -0.1) is 0 Å². The number of carboxylic acids is 1. The number of ketones is 1. The molecule has 22 heavy (non-hydrogen) atoms. The fourth-order valence-corrected chi connectivity index (χ4v) is 2.29. The maximum absolute atomic E-state index is 12.2. The average molecular weight is 362 g/mol. The smallest absolute Gasteiger partial charge is 0.321 e. The van der Waals surface area contributed by atoms with E-state index >= 15 is 0 Å². The van der Waals surface area contributed by atoms with Crippen molar-refractivity contribution < 1.29 is 14.7 Å². The Balaban J connectivity index is 1.98. The first kappa shape index (κ1) is 16.4. The Kier molecular flexibility index (Phi) is 5.86. The Morgan fingerprint density at radius 1 is 1.05 bits per heavy atom. The zero-order valence-electron chi connectivity index (χ0n) is 11.8. The molecule has 114 valence electrons. The van der Waals surface area contributed by atoms with Crippen LogP contribution < -0.4 is 5.32 Å². The van der Waals surface area contributed by atoms with E-state index in [1.165, 1.54) is 0 Å². The fraction of sp³-hybridized carbons (Fsp3) is 0.176. The van der Waals surface area contributed by atoms with Gasteiger partial charge in [0.1, 0.15) is 6.04 Å². The fourth-order valence-electron chi connectivity index (χ4n) is 2.02. The molecular formula is C17H16BrNO3. The highest BCUT2D eigenvalue weighted by atomic mass is 79.9. The first-order valence-electron chi connectivity index (χ1n) is 6.85. The second-order valence-corrected chi connectivity index (χ2v) is 5.81.